The van der Waals surface area contributed by atoms with Crippen LogP contribution in [0.25, 0.3) is 0 Å². The fourth-order valence-electron chi connectivity index (χ4n) is 1.58. The third-order valence-electron chi connectivity index (χ3n) is 2.20. The summed E-state index contributed by atoms with van der Waals surface area (Å²) in [5.41, 5.74) is 0. The van der Waals surface area contributed by atoms with Gasteiger partial charge in [-0.05, 0) is 12.8 Å². The number of hydrogen-bond acceptors (Lipinski definition) is 3. The largest absolute Gasteiger partial charge is 2.00 e. The van der Waals surface area contributed by atoms with Crippen molar-refractivity contribution in [3.63, 3.8) is 0 Å². The molecule has 6 heteroatoms. The van der Waals surface area contributed by atoms with Crippen LogP contribution in [0, 0.1) is 11.8 Å². The normalized spacial score (nSPS) is 27.7. The number of carbonyl (C=O) groups is 2. The van der Waals surface area contributed by atoms with Gasteiger partial charge in [0, 0.05) is 0 Å². The summed E-state index contributed by atoms with van der Waals surface area (Å²) in [7, 11) is 0. The van der Waals surface area contributed by atoms with E-state index in [1.807, 2.05) is 6.08 Å². The molecule has 14 heavy (non-hydrogen) atoms. The number of fused-ring (bicyclic) bond motifs is 1. The fraction of sp³-hybridized carbons (Fsp3) is 0.500. The van der Waals surface area contributed by atoms with Crippen LogP contribution in [-0.4, -0.2) is 11.9 Å². The number of halogens is 2. The van der Waals surface area contributed by atoms with E-state index in [4.69, 9.17) is 0 Å². The van der Waals surface area contributed by atoms with Crippen LogP contribution >= 0.6 is 0 Å². The van der Waals surface area contributed by atoms with Crippen molar-refractivity contribution < 1.29 is 59.6 Å². The molecule has 0 aromatic heterocycles. The first-order chi connectivity index (χ1) is 5.29. The fourth-order valence-corrected chi connectivity index (χ4v) is 1.58. The molecule has 0 bridgehead atoms. The SMILES string of the molecule is O=C1OC(=O)C2CCC=CC12.[Cl-].[Cl-].[Pd+2]. The third-order valence-corrected chi connectivity index (χ3v) is 2.20. The minimum atomic E-state index is -0.379. The summed E-state index contributed by atoms with van der Waals surface area (Å²) in [5.74, 6) is -1.19. The molecule has 3 nitrogen and oxygen atoms in total. The second-order valence-corrected chi connectivity index (χ2v) is 2.88. The number of rotatable bonds is 0. The Balaban J connectivity index is 0. The van der Waals surface area contributed by atoms with Gasteiger partial charge in [-0.15, -0.1) is 0 Å². The van der Waals surface area contributed by atoms with Crippen LogP contribution in [0.1, 0.15) is 12.8 Å². The van der Waals surface area contributed by atoms with E-state index < -0.39 is 0 Å². The smallest absolute Gasteiger partial charge is 1.00 e. The van der Waals surface area contributed by atoms with Crippen LogP contribution in [0.2, 0.25) is 0 Å². The van der Waals surface area contributed by atoms with Crippen LogP contribution in [-0.2, 0) is 34.7 Å². The van der Waals surface area contributed by atoms with Crippen molar-refractivity contribution in [1.29, 1.82) is 0 Å². The Morgan fingerprint density at radius 2 is 1.86 bits per heavy atom. The zero-order chi connectivity index (χ0) is 7.84. The maximum absolute atomic E-state index is 10.9. The van der Waals surface area contributed by atoms with E-state index in [1.165, 1.54) is 0 Å². The van der Waals surface area contributed by atoms with Gasteiger partial charge in [-0.25, -0.2) is 0 Å². The number of esters is 2. The van der Waals surface area contributed by atoms with E-state index in [2.05, 4.69) is 4.74 Å². The maximum atomic E-state index is 10.9. The Labute approximate surface area is 108 Å². The molecule has 2 atom stereocenters. The van der Waals surface area contributed by atoms with Crippen molar-refractivity contribution in [1.82, 2.24) is 0 Å². The molecule has 1 saturated heterocycles. The summed E-state index contributed by atoms with van der Waals surface area (Å²) in [4.78, 5) is 21.9. The summed E-state index contributed by atoms with van der Waals surface area (Å²) >= 11 is 0. The van der Waals surface area contributed by atoms with Gasteiger partial charge in [0.05, 0.1) is 11.8 Å². The molecule has 0 aromatic carbocycles. The van der Waals surface area contributed by atoms with Gasteiger partial charge < -0.3 is 29.6 Å². The Kier molecular flexibility index (Phi) is 7.77. The molecule has 0 aromatic rings. The molecule has 0 N–H and O–H groups in total. The third kappa shape index (κ3) is 2.80. The van der Waals surface area contributed by atoms with Gasteiger partial charge in [-0.1, -0.05) is 12.2 Å². The maximum Gasteiger partial charge on any atom is 2.00 e. The van der Waals surface area contributed by atoms with Gasteiger partial charge in [-0.2, -0.15) is 0 Å². The standard InChI is InChI=1S/C8H8O3.2ClH.Pd/c9-7-5-3-1-2-4-6(5)8(10)11-7;;;/h1,3,5-6H,2,4H2;2*1H;/q;;;+2/p-2. The van der Waals surface area contributed by atoms with E-state index in [0.717, 1.165) is 12.8 Å². The molecule has 0 radical (unpaired) electrons. The van der Waals surface area contributed by atoms with Crippen LogP contribution < -0.4 is 24.8 Å². The first-order valence-corrected chi connectivity index (χ1v) is 3.71. The molecule has 0 spiro atoms. The van der Waals surface area contributed by atoms with Crippen LogP contribution in [0.5, 0.6) is 0 Å². The van der Waals surface area contributed by atoms with E-state index in [9.17, 15) is 9.59 Å². The van der Waals surface area contributed by atoms with Crippen molar-refractivity contribution in [2.45, 2.75) is 12.8 Å². The monoisotopic (exact) mass is 328 g/mol. The molecule has 2 aliphatic rings. The average molecular weight is 329 g/mol. The van der Waals surface area contributed by atoms with Gasteiger partial charge in [0.25, 0.3) is 0 Å². The minimum Gasteiger partial charge on any atom is -1.00 e. The Morgan fingerprint density at radius 1 is 1.21 bits per heavy atom. The Hall–Kier alpha value is 0.122. The van der Waals surface area contributed by atoms with Crippen LogP contribution in [0.3, 0.4) is 0 Å². The van der Waals surface area contributed by atoms with Crippen LogP contribution in [0.15, 0.2) is 12.2 Å². The summed E-state index contributed by atoms with van der Waals surface area (Å²) < 4.78 is 4.48. The zero-order valence-corrected chi connectivity index (χ0v) is 10.1. The van der Waals surface area contributed by atoms with Gasteiger partial charge in [0.15, 0.2) is 0 Å². The van der Waals surface area contributed by atoms with E-state index >= 15 is 0 Å². The van der Waals surface area contributed by atoms with Crippen molar-refractivity contribution in [2.24, 2.45) is 11.8 Å². The summed E-state index contributed by atoms with van der Waals surface area (Å²) in [6.45, 7) is 0. The second kappa shape index (κ2) is 6.58. The molecule has 82 valence electrons. The van der Waals surface area contributed by atoms with Gasteiger partial charge in [0.2, 0.25) is 0 Å². The van der Waals surface area contributed by atoms with E-state index in [-0.39, 0.29) is 69.0 Å². The molecule has 2 rings (SSSR count). The van der Waals surface area contributed by atoms with E-state index in [1.54, 1.807) is 6.08 Å². The Morgan fingerprint density at radius 3 is 2.43 bits per heavy atom. The van der Waals surface area contributed by atoms with Crippen molar-refractivity contribution >= 4 is 11.9 Å². The minimum absolute atomic E-state index is 0. The molecule has 1 fully saturated rings. The number of cyclic esters (lactones) is 2. The predicted molar refractivity (Wildman–Crippen MR) is 36.5 cm³/mol. The Bertz CT molecular complexity index is 255. The summed E-state index contributed by atoms with van der Waals surface area (Å²) in [6, 6.07) is 0. The molecule has 0 saturated carbocycles. The molecule has 2 unspecified atom stereocenters. The van der Waals surface area contributed by atoms with E-state index in [0.29, 0.717) is 0 Å². The predicted octanol–water partition coefficient (Wildman–Crippen LogP) is -5.34. The van der Waals surface area contributed by atoms with Crippen molar-refractivity contribution in [2.75, 3.05) is 0 Å². The number of allylic oxidation sites excluding steroid dienone is 1. The molecular weight excluding hydrogens is 321 g/mol. The second-order valence-electron chi connectivity index (χ2n) is 2.88. The van der Waals surface area contributed by atoms with Gasteiger partial charge in [0.1, 0.15) is 0 Å². The summed E-state index contributed by atoms with van der Waals surface area (Å²) in [6.07, 6.45) is 5.34. The summed E-state index contributed by atoms with van der Waals surface area (Å²) in [5, 5.41) is 0. The first-order valence-electron chi connectivity index (χ1n) is 3.71. The number of ether oxygens (including phenoxy) is 1. The van der Waals surface area contributed by atoms with Crippen LogP contribution in [0.4, 0.5) is 0 Å². The molecule has 1 aliphatic carbocycles. The molecule has 0 amide bonds. The van der Waals surface area contributed by atoms with Crippen molar-refractivity contribution in [3.05, 3.63) is 12.2 Å². The quantitative estimate of drug-likeness (QED) is 0.193. The first kappa shape index (κ1) is 16.5. The number of hydrogen-bond donors (Lipinski definition) is 0. The molecular formula is C8H8Cl2O3Pd. The molecule has 1 aliphatic heterocycles. The van der Waals surface area contributed by atoms with Gasteiger partial charge >= 0.3 is 32.4 Å². The zero-order valence-electron chi connectivity index (χ0n) is 7.02. The molecule has 1 heterocycles. The number of carbonyl (C=O) groups excluding carboxylic acids is 2. The average Bonchev–Trinajstić information content (AvgIpc) is 2.30. The van der Waals surface area contributed by atoms with Crippen molar-refractivity contribution in [3.8, 4) is 0 Å². The van der Waals surface area contributed by atoms with Gasteiger partial charge in [-0.3, -0.25) is 9.59 Å². The topological polar surface area (TPSA) is 43.4 Å².